The Labute approximate surface area is 164 Å². The standard InChI is InChI=1S/C22H25FN2O3/c1-2-20(17-6-4-3-5-7-17)22(27)28-16-21(26)25-14-12-24(13-15-25)19-10-8-18(23)9-11-19/h3-11,20H,2,12-16H2,1H3. The Morgan fingerprint density at radius 2 is 1.64 bits per heavy atom. The van der Waals surface area contributed by atoms with Gasteiger partial charge in [0, 0.05) is 31.9 Å². The van der Waals surface area contributed by atoms with Gasteiger partial charge in [-0.1, -0.05) is 37.3 Å². The predicted molar refractivity (Wildman–Crippen MR) is 106 cm³/mol. The minimum atomic E-state index is -0.369. The van der Waals surface area contributed by atoms with Crippen molar-refractivity contribution in [3.05, 3.63) is 66.0 Å². The molecular formula is C22H25FN2O3. The monoisotopic (exact) mass is 384 g/mol. The zero-order valence-electron chi connectivity index (χ0n) is 16.0. The van der Waals surface area contributed by atoms with Gasteiger partial charge in [0.2, 0.25) is 0 Å². The second-order valence-electron chi connectivity index (χ2n) is 6.82. The molecule has 1 aliphatic rings. The second-order valence-corrected chi connectivity index (χ2v) is 6.82. The quantitative estimate of drug-likeness (QED) is 0.718. The molecule has 0 aliphatic carbocycles. The number of ether oxygens (including phenoxy) is 1. The molecule has 1 fully saturated rings. The lowest BCUT2D eigenvalue weighted by Gasteiger charge is -2.36. The van der Waals surface area contributed by atoms with Crippen molar-refractivity contribution in [3.63, 3.8) is 0 Å². The van der Waals surface area contributed by atoms with Crippen LogP contribution in [0.15, 0.2) is 54.6 Å². The van der Waals surface area contributed by atoms with Crippen LogP contribution in [0.25, 0.3) is 0 Å². The first kappa shape index (κ1) is 19.9. The lowest BCUT2D eigenvalue weighted by molar-refractivity contribution is -0.153. The van der Waals surface area contributed by atoms with E-state index in [1.165, 1.54) is 12.1 Å². The Bertz CT molecular complexity index is 787. The normalized spacial score (nSPS) is 15.2. The molecule has 1 amide bonds. The molecule has 1 saturated heterocycles. The molecule has 0 radical (unpaired) electrons. The maximum absolute atomic E-state index is 13.0. The summed E-state index contributed by atoms with van der Waals surface area (Å²) in [7, 11) is 0. The van der Waals surface area contributed by atoms with Crippen LogP contribution in [-0.2, 0) is 14.3 Å². The highest BCUT2D eigenvalue weighted by Gasteiger charge is 2.25. The van der Waals surface area contributed by atoms with Crippen LogP contribution >= 0.6 is 0 Å². The molecule has 0 saturated carbocycles. The van der Waals surface area contributed by atoms with Crippen molar-refractivity contribution >= 4 is 17.6 Å². The van der Waals surface area contributed by atoms with Crippen LogP contribution in [0.3, 0.4) is 0 Å². The number of rotatable bonds is 6. The maximum atomic E-state index is 13.0. The molecule has 28 heavy (non-hydrogen) atoms. The summed E-state index contributed by atoms with van der Waals surface area (Å²) in [5, 5.41) is 0. The molecule has 0 bridgehead atoms. The van der Waals surface area contributed by atoms with Crippen LogP contribution < -0.4 is 4.90 Å². The van der Waals surface area contributed by atoms with Gasteiger partial charge in [0.25, 0.3) is 5.91 Å². The van der Waals surface area contributed by atoms with E-state index in [1.54, 1.807) is 17.0 Å². The summed E-state index contributed by atoms with van der Waals surface area (Å²) in [6.45, 7) is 4.10. The van der Waals surface area contributed by atoms with Gasteiger partial charge in [0.1, 0.15) is 5.82 Å². The zero-order valence-corrected chi connectivity index (χ0v) is 16.0. The summed E-state index contributed by atoms with van der Waals surface area (Å²) < 4.78 is 18.4. The molecule has 2 aromatic carbocycles. The fourth-order valence-electron chi connectivity index (χ4n) is 3.41. The Hall–Kier alpha value is -2.89. The zero-order chi connectivity index (χ0) is 19.9. The number of benzene rings is 2. The van der Waals surface area contributed by atoms with E-state index in [0.29, 0.717) is 32.6 Å². The number of amides is 1. The Kier molecular flexibility index (Phi) is 6.63. The van der Waals surface area contributed by atoms with Crippen LogP contribution in [-0.4, -0.2) is 49.6 Å². The highest BCUT2D eigenvalue weighted by Crippen LogP contribution is 2.21. The van der Waals surface area contributed by atoms with Crippen molar-refractivity contribution in [1.82, 2.24) is 4.90 Å². The molecule has 0 aromatic heterocycles. The van der Waals surface area contributed by atoms with Crippen molar-refractivity contribution in [2.45, 2.75) is 19.3 Å². The molecule has 1 atom stereocenters. The van der Waals surface area contributed by atoms with Crippen molar-refractivity contribution < 1.29 is 18.7 Å². The van der Waals surface area contributed by atoms with Gasteiger partial charge in [0.15, 0.2) is 6.61 Å². The van der Waals surface area contributed by atoms with Crippen molar-refractivity contribution in [3.8, 4) is 0 Å². The van der Waals surface area contributed by atoms with E-state index in [0.717, 1.165) is 11.3 Å². The van der Waals surface area contributed by atoms with E-state index in [4.69, 9.17) is 4.74 Å². The molecule has 0 N–H and O–H groups in total. The maximum Gasteiger partial charge on any atom is 0.313 e. The Morgan fingerprint density at radius 3 is 2.25 bits per heavy atom. The van der Waals surface area contributed by atoms with Crippen LogP contribution in [0.2, 0.25) is 0 Å². The van der Waals surface area contributed by atoms with Crippen molar-refractivity contribution in [1.29, 1.82) is 0 Å². The fourth-order valence-corrected chi connectivity index (χ4v) is 3.41. The summed E-state index contributed by atoms with van der Waals surface area (Å²) in [4.78, 5) is 28.6. The number of carbonyl (C=O) groups is 2. The van der Waals surface area contributed by atoms with Crippen molar-refractivity contribution in [2.75, 3.05) is 37.7 Å². The first-order chi connectivity index (χ1) is 13.6. The molecule has 3 rings (SSSR count). The van der Waals surface area contributed by atoms with E-state index in [2.05, 4.69) is 4.90 Å². The third-order valence-electron chi connectivity index (χ3n) is 5.06. The van der Waals surface area contributed by atoms with Gasteiger partial charge < -0.3 is 14.5 Å². The Morgan fingerprint density at radius 1 is 1.00 bits per heavy atom. The minimum Gasteiger partial charge on any atom is -0.455 e. The van der Waals surface area contributed by atoms with Gasteiger partial charge >= 0.3 is 5.97 Å². The summed E-state index contributed by atoms with van der Waals surface area (Å²) in [6, 6.07) is 15.8. The first-order valence-corrected chi connectivity index (χ1v) is 9.58. The molecule has 5 nitrogen and oxygen atoms in total. The number of hydrogen-bond donors (Lipinski definition) is 0. The number of piperazine rings is 1. The summed E-state index contributed by atoms with van der Waals surface area (Å²) in [5.74, 6) is -1.17. The summed E-state index contributed by atoms with van der Waals surface area (Å²) >= 11 is 0. The third-order valence-corrected chi connectivity index (χ3v) is 5.06. The number of nitrogens with zero attached hydrogens (tertiary/aromatic N) is 2. The summed E-state index contributed by atoms with van der Waals surface area (Å²) in [6.07, 6.45) is 0.618. The summed E-state index contributed by atoms with van der Waals surface area (Å²) in [5.41, 5.74) is 1.84. The van der Waals surface area contributed by atoms with Crippen LogP contribution in [0, 0.1) is 5.82 Å². The van der Waals surface area contributed by atoms with Gasteiger partial charge in [-0.15, -0.1) is 0 Å². The number of anilines is 1. The van der Waals surface area contributed by atoms with E-state index in [-0.39, 0.29) is 30.2 Å². The number of esters is 1. The van der Waals surface area contributed by atoms with Crippen LogP contribution in [0.4, 0.5) is 10.1 Å². The highest BCUT2D eigenvalue weighted by atomic mass is 19.1. The lowest BCUT2D eigenvalue weighted by Crippen LogP contribution is -2.50. The largest absolute Gasteiger partial charge is 0.455 e. The van der Waals surface area contributed by atoms with Gasteiger partial charge in [0.05, 0.1) is 5.92 Å². The molecule has 1 unspecified atom stereocenters. The molecule has 1 heterocycles. The molecule has 0 spiro atoms. The predicted octanol–water partition coefficient (Wildman–Crippen LogP) is 3.21. The molecule has 2 aromatic rings. The van der Waals surface area contributed by atoms with Gasteiger partial charge in [-0.3, -0.25) is 9.59 Å². The average molecular weight is 384 g/mol. The van der Waals surface area contributed by atoms with E-state index in [1.807, 2.05) is 37.3 Å². The fraction of sp³-hybridized carbons (Fsp3) is 0.364. The van der Waals surface area contributed by atoms with Gasteiger partial charge in [-0.2, -0.15) is 0 Å². The second kappa shape index (κ2) is 9.35. The molecular weight excluding hydrogens is 359 g/mol. The molecule has 148 valence electrons. The Balaban J connectivity index is 1.48. The molecule has 1 aliphatic heterocycles. The smallest absolute Gasteiger partial charge is 0.313 e. The van der Waals surface area contributed by atoms with Crippen LogP contribution in [0.1, 0.15) is 24.8 Å². The number of carbonyl (C=O) groups excluding carboxylic acids is 2. The van der Waals surface area contributed by atoms with Crippen molar-refractivity contribution in [2.24, 2.45) is 0 Å². The average Bonchev–Trinajstić information content (AvgIpc) is 2.74. The van der Waals surface area contributed by atoms with E-state index >= 15 is 0 Å². The SMILES string of the molecule is CCC(C(=O)OCC(=O)N1CCN(c2ccc(F)cc2)CC1)c1ccccc1. The lowest BCUT2D eigenvalue weighted by atomic mass is 9.97. The number of hydrogen-bond acceptors (Lipinski definition) is 4. The highest BCUT2D eigenvalue weighted by molar-refractivity contribution is 5.83. The van der Waals surface area contributed by atoms with E-state index in [9.17, 15) is 14.0 Å². The van der Waals surface area contributed by atoms with E-state index < -0.39 is 0 Å². The van der Waals surface area contributed by atoms with Gasteiger partial charge in [-0.05, 0) is 36.2 Å². The topological polar surface area (TPSA) is 49.9 Å². The first-order valence-electron chi connectivity index (χ1n) is 9.58. The van der Waals surface area contributed by atoms with Gasteiger partial charge in [-0.25, -0.2) is 4.39 Å². The third kappa shape index (κ3) is 4.88. The minimum absolute atomic E-state index is 0.185. The van der Waals surface area contributed by atoms with Crippen LogP contribution in [0.5, 0.6) is 0 Å². The number of halogens is 1. The molecule has 6 heteroatoms.